The number of amides is 6. The normalized spacial score (nSPS) is 18.9. The number of nitrogens with one attached hydrogen (secondary N) is 4. The van der Waals surface area contributed by atoms with Gasteiger partial charge >= 0.3 is 24.0 Å². The topological polar surface area (TPSA) is 338 Å². The van der Waals surface area contributed by atoms with Gasteiger partial charge in [-0.25, -0.2) is 4.79 Å². The first-order valence-electron chi connectivity index (χ1n) is 24.3. The molecule has 1 aliphatic carbocycles. The number of hydrogen-bond acceptors (Lipinski definition) is 16. The summed E-state index contributed by atoms with van der Waals surface area (Å²) >= 11 is 0. The number of rotatable bonds is 27. The SMILES string of the molecule is CCN1CCN(CC(=O)O)CCN(CC(=O)NCCCNC(=O)CN(C)C(=O)C2(C)C/C=C/C(OC(=O)N(C)CC(=O)NCCCNC(=O)CCOCCC(=O)O)CCC2)CCN(CC(=O)O)CC1.O=CO. The van der Waals surface area contributed by atoms with Crippen LogP contribution in [0.4, 0.5) is 4.79 Å². The van der Waals surface area contributed by atoms with E-state index in [1.807, 2.05) is 28.5 Å². The van der Waals surface area contributed by atoms with Gasteiger partial charge in [-0.15, -0.1) is 0 Å². The summed E-state index contributed by atoms with van der Waals surface area (Å²) in [7, 11) is 3.01. The number of allylic oxidation sites excluding steroid dienone is 1. The van der Waals surface area contributed by atoms with Crippen LogP contribution < -0.4 is 21.3 Å². The van der Waals surface area contributed by atoms with E-state index in [4.69, 9.17) is 24.5 Å². The van der Waals surface area contributed by atoms with Crippen molar-refractivity contribution in [2.75, 3.05) is 145 Å². The molecule has 8 N–H and O–H groups in total. The highest BCUT2D eigenvalue weighted by Crippen LogP contribution is 2.33. The number of carbonyl (C=O) groups excluding carboxylic acids is 6. The molecule has 410 valence electrons. The second-order valence-electron chi connectivity index (χ2n) is 17.8. The molecule has 2 aliphatic rings. The van der Waals surface area contributed by atoms with Crippen LogP contribution in [0.25, 0.3) is 0 Å². The molecule has 6 amide bonds. The molecule has 72 heavy (non-hydrogen) atoms. The summed E-state index contributed by atoms with van der Waals surface area (Å²) in [4.78, 5) is 129. The van der Waals surface area contributed by atoms with Crippen LogP contribution in [0.2, 0.25) is 0 Å². The standard InChI is InChI=1S/C45H78N10O14.CH2O2/c1-5-52-20-22-54(33-41(62)63)26-24-53(25-27-55(23-21-52)34-42(64)65)32-39(59)49-19-9-18-47-37(57)30-50(3)43(66)45(2)14-6-10-35(11-7-15-45)69-44(67)51(4)31-38(58)48-17-8-16-46-36(56)12-28-68-29-13-40(60)61;2-1-3/h6,10,35H,5,7-9,11-34H2,1-4H3,(H,46,56)(H,47,57)(H,48,58)(H,49,59)(H,60,61)(H,62,63)(H,64,65);1H,(H,2,3)/b10-6+;. The van der Waals surface area contributed by atoms with Gasteiger partial charge in [0.2, 0.25) is 29.5 Å². The third-order valence-electron chi connectivity index (χ3n) is 11.7. The number of ether oxygens (including phenoxy) is 2. The molecule has 0 saturated carbocycles. The van der Waals surface area contributed by atoms with Gasteiger partial charge in [0.05, 0.1) is 51.2 Å². The predicted octanol–water partition coefficient (Wildman–Crippen LogP) is -1.74. The Labute approximate surface area is 421 Å². The van der Waals surface area contributed by atoms with E-state index in [1.54, 1.807) is 19.2 Å². The zero-order valence-electron chi connectivity index (χ0n) is 42.5. The smallest absolute Gasteiger partial charge is 0.410 e. The van der Waals surface area contributed by atoms with E-state index in [0.29, 0.717) is 97.4 Å². The Morgan fingerprint density at radius 3 is 1.58 bits per heavy atom. The fourth-order valence-electron chi connectivity index (χ4n) is 7.64. The number of nitrogens with zero attached hydrogens (tertiary/aromatic N) is 6. The molecule has 1 saturated heterocycles. The van der Waals surface area contributed by atoms with E-state index < -0.39 is 41.4 Å². The minimum atomic E-state index is -0.978. The molecule has 1 heterocycles. The molecule has 26 nitrogen and oxygen atoms in total. The third kappa shape index (κ3) is 30.0. The third-order valence-corrected chi connectivity index (χ3v) is 11.7. The number of carboxylic acids is 3. The summed E-state index contributed by atoms with van der Waals surface area (Å²) in [5, 5.41) is 45.4. The van der Waals surface area contributed by atoms with Crippen molar-refractivity contribution in [3.05, 3.63) is 12.2 Å². The zero-order valence-corrected chi connectivity index (χ0v) is 42.5. The van der Waals surface area contributed by atoms with Gasteiger partial charge in [-0.1, -0.05) is 19.9 Å². The van der Waals surface area contributed by atoms with Crippen LogP contribution in [0.3, 0.4) is 0 Å². The van der Waals surface area contributed by atoms with Crippen LogP contribution in [0, 0.1) is 5.41 Å². The zero-order chi connectivity index (χ0) is 53.9. The Morgan fingerprint density at radius 2 is 1.10 bits per heavy atom. The average Bonchev–Trinajstić information content (AvgIpc) is 3.29. The second kappa shape index (κ2) is 36.9. The van der Waals surface area contributed by atoms with E-state index >= 15 is 0 Å². The van der Waals surface area contributed by atoms with Crippen LogP contribution in [0.15, 0.2) is 12.2 Å². The number of aliphatic carboxylic acids is 3. The molecular formula is C46H80N10O16. The van der Waals surface area contributed by atoms with E-state index in [9.17, 15) is 53.4 Å². The first-order valence-corrected chi connectivity index (χ1v) is 24.3. The molecule has 0 spiro atoms. The van der Waals surface area contributed by atoms with Crippen molar-refractivity contribution in [2.45, 2.75) is 71.3 Å². The number of hydrogen-bond donors (Lipinski definition) is 8. The number of carbonyl (C=O) groups is 10. The molecule has 26 heteroatoms. The van der Waals surface area contributed by atoms with Crippen LogP contribution in [0.1, 0.15) is 65.2 Å². The van der Waals surface area contributed by atoms with Gasteiger partial charge in [0, 0.05) is 99.1 Å². The molecule has 2 unspecified atom stereocenters. The molecular weight excluding hydrogens is 949 g/mol. The Hall–Kier alpha value is -5.96. The van der Waals surface area contributed by atoms with Crippen LogP contribution in [-0.4, -0.2) is 261 Å². The lowest BCUT2D eigenvalue weighted by molar-refractivity contribution is -0.143. The lowest BCUT2D eigenvalue weighted by Gasteiger charge is -2.33. The van der Waals surface area contributed by atoms with Crippen molar-refractivity contribution in [2.24, 2.45) is 5.41 Å². The van der Waals surface area contributed by atoms with Gasteiger partial charge in [0.25, 0.3) is 6.47 Å². The van der Waals surface area contributed by atoms with E-state index in [1.165, 1.54) is 11.9 Å². The first-order chi connectivity index (χ1) is 34.2. The Bertz CT molecular complexity index is 1730. The first kappa shape index (κ1) is 64.1. The largest absolute Gasteiger partial charge is 0.483 e. The molecule has 1 fully saturated rings. The van der Waals surface area contributed by atoms with Crippen molar-refractivity contribution in [3.63, 3.8) is 0 Å². The van der Waals surface area contributed by atoms with Crippen molar-refractivity contribution in [3.8, 4) is 0 Å². The lowest BCUT2D eigenvalue weighted by atomic mass is 9.78. The highest BCUT2D eigenvalue weighted by molar-refractivity contribution is 5.88. The summed E-state index contributed by atoms with van der Waals surface area (Å²) < 4.78 is 10.7. The fraction of sp³-hybridized carbons (Fsp3) is 0.739. The van der Waals surface area contributed by atoms with Gasteiger partial charge in [0.1, 0.15) is 12.6 Å². The molecule has 2 rings (SSSR count). The van der Waals surface area contributed by atoms with E-state index in [0.717, 1.165) is 11.4 Å². The molecule has 0 bridgehead atoms. The highest BCUT2D eigenvalue weighted by Gasteiger charge is 2.36. The van der Waals surface area contributed by atoms with E-state index in [-0.39, 0.29) is 109 Å². The molecule has 0 aromatic carbocycles. The summed E-state index contributed by atoms with van der Waals surface area (Å²) in [5.74, 6) is -4.33. The van der Waals surface area contributed by atoms with Gasteiger partial charge in [-0.05, 0) is 51.1 Å². The minimum absolute atomic E-state index is 0.0293. The minimum Gasteiger partial charge on any atom is -0.483 e. The quantitative estimate of drug-likeness (QED) is 0.0257. The monoisotopic (exact) mass is 1030 g/mol. The van der Waals surface area contributed by atoms with Crippen LogP contribution in [-0.2, 0) is 52.6 Å². The highest BCUT2D eigenvalue weighted by atomic mass is 16.6. The van der Waals surface area contributed by atoms with Crippen molar-refractivity contribution in [1.82, 2.24) is 50.7 Å². The second-order valence-corrected chi connectivity index (χ2v) is 17.8. The van der Waals surface area contributed by atoms with Gasteiger partial charge in [0.15, 0.2) is 0 Å². The molecule has 2 atom stereocenters. The maximum atomic E-state index is 13.6. The van der Waals surface area contributed by atoms with Gasteiger partial charge in [-0.2, -0.15) is 0 Å². The Balaban J connectivity index is 0.00000841. The predicted molar refractivity (Wildman–Crippen MR) is 261 cm³/mol. The van der Waals surface area contributed by atoms with Crippen molar-refractivity contribution in [1.29, 1.82) is 0 Å². The fourth-order valence-corrected chi connectivity index (χ4v) is 7.64. The van der Waals surface area contributed by atoms with Crippen LogP contribution in [0.5, 0.6) is 0 Å². The van der Waals surface area contributed by atoms with E-state index in [2.05, 4.69) is 26.2 Å². The average molecular weight is 1030 g/mol. The summed E-state index contributed by atoms with van der Waals surface area (Å²) in [6.07, 6.45) is 4.92. The number of carboxylic acid groups (broad SMARTS) is 4. The van der Waals surface area contributed by atoms with Crippen molar-refractivity contribution < 1.29 is 77.8 Å². The molecule has 1 aliphatic heterocycles. The van der Waals surface area contributed by atoms with Crippen LogP contribution >= 0.6 is 0 Å². The maximum Gasteiger partial charge on any atom is 0.410 e. The van der Waals surface area contributed by atoms with Gasteiger partial charge < -0.3 is 65.9 Å². The lowest BCUT2D eigenvalue weighted by Crippen LogP contribution is -2.49. The Morgan fingerprint density at radius 1 is 0.653 bits per heavy atom. The van der Waals surface area contributed by atoms with Gasteiger partial charge in [-0.3, -0.25) is 57.9 Å². The number of likely N-dealkylation sites (N-methyl/N-ethyl adjacent to an activating group) is 3. The summed E-state index contributed by atoms with van der Waals surface area (Å²) in [5.41, 5.74) is -0.803. The van der Waals surface area contributed by atoms with Crippen molar-refractivity contribution >= 4 is 60.0 Å². The summed E-state index contributed by atoms with van der Waals surface area (Å²) in [6, 6.07) is 0. The summed E-state index contributed by atoms with van der Waals surface area (Å²) in [6.45, 7) is 8.96. The Kier molecular flexibility index (Phi) is 32.8. The molecule has 0 radical (unpaired) electrons. The molecule has 0 aromatic heterocycles. The maximum absolute atomic E-state index is 13.6. The molecule has 0 aromatic rings.